The molecule has 7 nitrogen and oxygen atoms in total. The lowest BCUT2D eigenvalue weighted by atomic mass is 10.2. The number of hydrogen-bond acceptors (Lipinski definition) is 5. The molecule has 0 saturated carbocycles. The second-order valence-electron chi connectivity index (χ2n) is 6.66. The van der Waals surface area contributed by atoms with E-state index in [0.717, 1.165) is 22.0 Å². The molecule has 2 aromatic carbocycles. The van der Waals surface area contributed by atoms with E-state index in [1.165, 1.54) is 0 Å². The van der Waals surface area contributed by atoms with Crippen molar-refractivity contribution in [3.63, 3.8) is 0 Å². The number of sulfonamides is 1. The van der Waals surface area contributed by atoms with E-state index in [1.54, 1.807) is 30.0 Å². The number of anilines is 2. The van der Waals surface area contributed by atoms with Gasteiger partial charge in [-0.2, -0.15) is 0 Å². The van der Waals surface area contributed by atoms with E-state index in [1.807, 2.05) is 24.3 Å². The van der Waals surface area contributed by atoms with Crippen molar-refractivity contribution >= 4 is 27.3 Å². The summed E-state index contributed by atoms with van der Waals surface area (Å²) in [6.45, 7) is 2.72. The van der Waals surface area contributed by atoms with Gasteiger partial charge >= 0.3 is 0 Å². The molecule has 0 aromatic heterocycles. The van der Waals surface area contributed by atoms with Crippen LogP contribution < -0.4 is 18.7 Å². The molecule has 8 heteroatoms. The zero-order valence-corrected chi connectivity index (χ0v) is 16.4. The van der Waals surface area contributed by atoms with Gasteiger partial charge < -0.3 is 14.4 Å². The van der Waals surface area contributed by atoms with Gasteiger partial charge in [-0.1, -0.05) is 18.2 Å². The molecule has 2 aliphatic rings. The van der Waals surface area contributed by atoms with Gasteiger partial charge in [-0.25, -0.2) is 8.42 Å². The molecule has 0 unspecified atom stereocenters. The number of fused-ring (bicyclic) bond motifs is 2. The molecule has 2 aliphatic heterocycles. The van der Waals surface area contributed by atoms with Crippen LogP contribution in [-0.4, -0.2) is 46.4 Å². The van der Waals surface area contributed by atoms with Crippen molar-refractivity contribution in [1.82, 2.24) is 0 Å². The summed E-state index contributed by atoms with van der Waals surface area (Å²) in [5, 5.41) is 0. The van der Waals surface area contributed by atoms with Gasteiger partial charge in [0, 0.05) is 18.3 Å². The van der Waals surface area contributed by atoms with E-state index in [-0.39, 0.29) is 18.2 Å². The van der Waals surface area contributed by atoms with Gasteiger partial charge in [-0.3, -0.25) is 9.10 Å². The van der Waals surface area contributed by atoms with Gasteiger partial charge in [-0.15, -0.1) is 0 Å². The lowest BCUT2D eigenvalue weighted by molar-refractivity contribution is -0.117. The molecule has 0 bridgehead atoms. The maximum atomic E-state index is 13.0. The average Bonchev–Trinajstić information content (AvgIpc) is 3.15. The Morgan fingerprint density at radius 1 is 1.11 bits per heavy atom. The SMILES string of the molecule is CCS(=O)(=O)N(CC(=O)N1CCc2ccccc21)c1ccc2c(c1)OCCO2. The van der Waals surface area contributed by atoms with Crippen LogP contribution in [0, 0.1) is 0 Å². The van der Waals surface area contributed by atoms with Crippen LogP contribution in [0.25, 0.3) is 0 Å². The van der Waals surface area contributed by atoms with Crippen molar-refractivity contribution in [3.8, 4) is 11.5 Å². The topological polar surface area (TPSA) is 76.2 Å². The van der Waals surface area contributed by atoms with Gasteiger partial charge in [0.2, 0.25) is 15.9 Å². The summed E-state index contributed by atoms with van der Waals surface area (Å²) >= 11 is 0. The Bertz CT molecular complexity index is 1010. The molecule has 2 aromatic rings. The largest absolute Gasteiger partial charge is 0.486 e. The van der Waals surface area contributed by atoms with Crippen LogP contribution >= 0.6 is 0 Å². The van der Waals surface area contributed by atoms with E-state index in [2.05, 4.69) is 0 Å². The predicted octanol–water partition coefficient (Wildman–Crippen LogP) is 2.20. The Hall–Kier alpha value is -2.74. The standard InChI is InChI=1S/C20H22N2O5S/c1-2-28(24,25)22(16-7-8-18-19(13-16)27-12-11-26-18)14-20(23)21-10-9-15-5-3-4-6-17(15)21/h3-8,13H,2,9-12,14H2,1H3. The van der Waals surface area contributed by atoms with Crippen LogP contribution in [0.1, 0.15) is 12.5 Å². The van der Waals surface area contributed by atoms with Crippen LogP contribution in [0.2, 0.25) is 0 Å². The Morgan fingerprint density at radius 2 is 1.86 bits per heavy atom. The Labute approximate surface area is 164 Å². The predicted molar refractivity (Wildman–Crippen MR) is 107 cm³/mol. The molecule has 1 amide bonds. The first-order valence-corrected chi connectivity index (χ1v) is 10.9. The zero-order valence-electron chi connectivity index (χ0n) is 15.6. The summed E-state index contributed by atoms with van der Waals surface area (Å²) in [5.41, 5.74) is 2.34. The molecule has 0 atom stereocenters. The van der Waals surface area contributed by atoms with Gasteiger partial charge in [0.25, 0.3) is 0 Å². The lowest BCUT2D eigenvalue weighted by Crippen LogP contribution is -2.43. The normalized spacial score (nSPS) is 15.2. The first-order valence-electron chi connectivity index (χ1n) is 9.28. The number of nitrogens with zero attached hydrogens (tertiary/aromatic N) is 2. The molecule has 0 aliphatic carbocycles. The lowest BCUT2D eigenvalue weighted by Gasteiger charge is -2.27. The van der Waals surface area contributed by atoms with Crippen LogP contribution in [-0.2, 0) is 21.2 Å². The minimum absolute atomic E-state index is 0.106. The molecule has 4 rings (SSSR count). The first-order chi connectivity index (χ1) is 13.5. The van der Waals surface area contributed by atoms with Crippen LogP contribution in [0.5, 0.6) is 11.5 Å². The van der Waals surface area contributed by atoms with Gasteiger partial charge in [0.15, 0.2) is 11.5 Å². The number of carbonyl (C=O) groups excluding carboxylic acids is 1. The van der Waals surface area contributed by atoms with Crippen molar-refractivity contribution in [2.45, 2.75) is 13.3 Å². The van der Waals surface area contributed by atoms with Crippen molar-refractivity contribution in [2.75, 3.05) is 41.3 Å². The summed E-state index contributed by atoms with van der Waals surface area (Å²) < 4.78 is 37.7. The van der Waals surface area contributed by atoms with Crippen LogP contribution in [0.4, 0.5) is 11.4 Å². The van der Waals surface area contributed by atoms with Crippen molar-refractivity contribution in [1.29, 1.82) is 0 Å². The summed E-state index contributed by atoms with van der Waals surface area (Å²) in [7, 11) is -3.65. The van der Waals surface area contributed by atoms with Crippen molar-refractivity contribution in [2.24, 2.45) is 0 Å². The zero-order chi connectivity index (χ0) is 19.7. The molecular weight excluding hydrogens is 380 g/mol. The van der Waals surface area contributed by atoms with Gasteiger partial charge in [-0.05, 0) is 37.1 Å². The fourth-order valence-corrected chi connectivity index (χ4v) is 4.55. The highest BCUT2D eigenvalue weighted by Gasteiger charge is 2.30. The summed E-state index contributed by atoms with van der Waals surface area (Å²) in [6.07, 6.45) is 0.770. The first kappa shape index (κ1) is 18.6. The van der Waals surface area contributed by atoms with Crippen LogP contribution in [0.15, 0.2) is 42.5 Å². The number of carbonyl (C=O) groups is 1. The number of para-hydroxylation sites is 1. The number of benzene rings is 2. The maximum Gasteiger partial charge on any atom is 0.247 e. The third-order valence-electron chi connectivity index (χ3n) is 4.98. The highest BCUT2D eigenvalue weighted by Crippen LogP contribution is 2.35. The second-order valence-corrected chi connectivity index (χ2v) is 8.84. The highest BCUT2D eigenvalue weighted by atomic mass is 32.2. The number of ether oxygens (including phenoxy) is 2. The number of amides is 1. The van der Waals surface area contributed by atoms with E-state index in [4.69, 9.17) is 9.47 Å². The second kappa shape index (κ2) is 7.35. The number of rotatable bonds is 5. The minimum Gasteiger partial charge on any atom is -0.486 e. The molecule has 0 N–H and O–H groups in total. The quantitative estimate of drug-likeness (QED) is 0.766. The van der Waals surface area contributed by atoms with Crippen molar-refractivity contribution in [3.05, 3.63) is 48.0 Å². The fraction of sp³-hybridized carbons (Fsp3) is 0.350. The summed E-state index contributed by atoms with van der Waals surface area (Å²) in [4.78, 5) is 14.7. The molecule has 0 radical (unpaired) electrons. The molecule has 148 valence electrons. The van der Waals surface area contributed by atoms with E-state index in [9.17, 15) is 13.2 Å². The molecule has 0 spiro atoms. The van der Waals surface area contributed by atoms with Crippen molar-refractivity contribution < 1.29 is 22.7 Å². The fourth-order valence-electron chi connectivity index (χ4n) is 3.50. The summed E-state index contributed by atoms with van der Waals surface area (Å²) in [5.74, 6) is 0.699. The Balaban J connectivity index is 1.64. The third kappa shape index (κ3) is 3.40. The van der Waals surface area contributed by atoms with E-state index in [0.29, 0.717) is 36.9 Å². The molecule has 0 saturated heterocycles. The van der Waals surface area contributed by atoms with E-state index >= 15 is 0 Å². The van der Waals surface area contributed by atoms with Gasteiger partial charge in [0.1, 0.15) is 19.8 Å². The van der Waals surface area contributed by atoms with E-state index < -0.39 is 10.0 Å². The molecular formula is C20H22N2O5S. The Kier molecular flexibility index (Phi) is 4.89. The number of hydrogen-bond donors (Lipinski definition) is 0. The molecule has 2 heterocycles. The monoisotopic (exact) mass is 402 g/mol. The maximum absolute atomic E-state index is 13.0. The molecule has 28 heavy (non-hydrogen) atoms. The van der Waals surface area contributed by atoms with Gasteiger partial charge in [0.05, 0.1) is 11.4 Å². The molecule has 0 fully saturated rings. The summed E-state index contributed by atoms with van der Waals surface area (Å²) in [6, 6.07) is 12.6. The smallest absolute Gasteiger partial charge is 0.247 e. The minimum atomic E-state index is -3.65. The third-order valence-corrected chi connectivity index (χ3v) is 6.72. The average molecular weight is 402 g/mol. The Morgan fingerprint density at radius 3 is 2.64 bits per heavy atom. The highest BCUT2D eigenvalue weighted by molar-refractivity contribution is 7.92. The van der Waals surface area contributed by atoms with Crippen LogP contribution in [0.3, 0.4) is 0 Å².